The summed E-state index contributed by atoms with van der Waals surface area (Å²) in [7, 11) is 0. The highest BCUT2D eigenvalue weighted by molar-refractivity contribution is 5.72. The molecule has 30 heavy (non-hydrogen) atoms. The van der Waals surface area contributed by atoms with E-state index in [2.05, 4.69) is 21.8 Å². The molecule has 2 fully saturated rings. The van der Waals surface area contributed by atoms with Gasteiger partial charge in [-0.25, -0.2) is 14.4 Å². The Hall–Kier alpha value is -2.97. The van der Waals surface area contributed by atoms with E-state index < -0.39 is 0 Å². The molecule has 8 nitrogen and oxygen atoms in total. The van der Waals surface area contributed by atoms with E-state index >= 15 is 0 Å². The van der Waals surface area contributed by atoms with E-state index in [1.807, 2.05) is 15.9 Å². The molecule has 1 unspecified atom stereocenters. The lowest BCUT2D eigenvalue weighted by atomic mass is 10.00. The van der Waals surface area contributed by atoms with E-state index in [0.29, 0.717) is 43.5 Å². The van der Waals surface area contributed by atoms with Crippen molar-refractivity contribution in [3.05, 3.63) is 46.5 Å². The van der Waals surface area contributed by atoms with Crippen molar-refractivity contribution in [1.82, 2.24) is 9.97 Å². The Bertz CT molecular complexity index is 903. The molecule has 2 aliphatic heterocycles. The Balaban J connectivity index is 1.59. The zero-order valence-electron chi connectivity index (χ0n) is 17.2. The van der Waals surface area contributed by atoms with E-state index in [9.17, 15) is 14.5 Å². The minimum Gasteiger partial charge on any atom is -0.366 e. The van der Waals surface area contributed by atoms with Gasteiger partial charge in [0.15, 0.2) is 0 Å². The molecule has 3 heterocycles. The van der Waals surface area contributed by atoms with Gasteiger partial charge < -0.3 is 14.7 Å². The van der Waals surface area contributed by atoms with E-state index in [-0.39, 0.29) is 22.5 Å². The maximum atomic E-state index is 14.1. The fourth-order valence-electron chi connectivity index (χ4n) is 4.54. The lowest BCUT2D eigenvalue weighted by molar-refractivity contribution is -0.383. The normalized spacial score (nSPS) is 19.8. The number of piperidine rings is 1. The average Bonchev–Trinajstić information content (AvgIpc) is 2.79. The smallest absolute Gasteiger partial charge is 0.353 e. The zero-order chi connectivity index (χ0) is 21.1. The minimum absolute atomic E-state index is 0.0165. The highest BCUT2D eigenvalue weighted by Gasteiger charge is 2.34. The van der Waals surface area contributed by atoms with Gasteiger partial charge in [-0.3, -0.25) is 10.1 Å². The topological polar surface area (TPSA) is 78.6 Å². The molecule has 4 rings (SSSR count). The summed E-state index contributed by atoms with van der Waals surface area (Å²) in [6.07, 6.45) is 5.53. The zero-order valence-corrected chi connectivity index (χ0v) is 17.2. The predicted octanol–water partition coefficient (Wildman–Crippen LogP) is 3.62. The average molecular weight is 414 g/mol. The molecule has 2 saturated heterocycles. The fraction of sp³-hybridized carbons (Fsp3) is 0.524. The summed E-state index contributed by atoms with van der Waals surface area (Å²) in [4.78, 5) is 26.3. The van der Waals surface area contributed by atoms with E-state index in [0.717, 1.165) is 32.2 Å². The van der Waals surface area contributed by atoms with Crippen molar-refractivity contribution in [3.8, 4) is 0 Å². The third kappa shape index (κ3) is 3.88. The summed E-state index contributed by atoms with van der Waals surface area (Å²) in [6, 6.07) is 6.96. The van der Waals surface area contributed by atoms with Gasteiger partial charge in [-0.15, -0.1) is 0 Å². The highest BCUT2D eigenvalue weighted by atomic mass is 19.1. The molecule has 160 valence electrons. The van der Waals surface area contributed by atoms with Crippen LogP contribution in [0.1, 0.15) is 32.6 Å². The Morgan fingerprint density at radius 1 is 1.07 bits per heavy atom. The van der Waals surface area contributed by atoms with E-state index in [1.54, 1.807) is 12.1 Å². The minimum atomic E-state index is -0.352. The molecule has 9 heteroatoms. The molecule has 0 radical (unpaired) electrons. The SMILES string of the molecule is CCC1CCCCN1c1ncnc(N2CCN(c3ccccc3F)CC2)c1[N+](=O)[O-]. The van der Waals surface area contributed by atoms with Crippen molar-refractivity contribution in [3.63, 3.8) is 0 Å². The van der Waals surface area contributed by atoms with Gasteiger partial charge in [-0.2, -0.15) is 0 Å². The van der Waals surface area contributed by atoms with Gasteiger partial charge in [0.05, 0.1) is 10.6 Å². The van der Waals surface area contributed by atoms with Gasteiger partial charge in [0.1, 0.15) is 12.1 Å². The second kappa shape index (κ2) is 8.81. The largest absolute Gasteiger partial charge is 0.366 e. The second-order valence-corrected chi connectivity index (χ2v) is 7.80. The number of para-hydroxylation sites is 1. The van der Waals surface area contributed by atoms with Gasteiger partial charge in [-0.05, 0) is 37.8 Å². The molecule has 1 atom stereocenters. The summed E-state index contributed by atoms with van der Waals surface area (Å²) < 4.78 is 14.1. The number of anilines is 3. The second-order valence-electron chi connectivity index (χ2n) is 7.80. The van der Waals surface area contributed by atoms with Crippen LogP contribution in [0.4, 0.5) is 27.4 Å². The van der Waals surface area contributed by atoms with Crippen LogP contribution in [0.15, 0.2) is 30.6 Å². The van der Waals surface area contributed by atoms with Crippen LogP contribution in [0, 0.1) is 15.9 Å². The first-order chi connectivity index (χ1) is 14.6. The summed E-state index contributed by atoms with van der Waals surface area (Å²) in [5.74, 6) is 0.531. The first-order valence-electron chi connectivity index (χ1n) is 10.6. The Morgan fingerprint density at radius 2 is 1.77 bits per heavy atom. The van der Waals surface area contributed by atoms with Crippen LogP contribution < -0.4 is 14.7 Å². The highest BCUT2D eigenvalue weighted by Crippen LogP contribution is 2.38. The first kappa shape index (κ1) is 20.3. The van der Waals surface area contributed by atoms with Crippen LogP contribution in [-0.4, -0.2) is 53.7 Å². The van der Waals surface area contributed by atoms with Crippen LogP contribution in [-0.2, 0) is 0 Å². The number of rotatable bonds is 5. The van der Waals surface area contributed by atoms with Gasteiger partial charge in [0.25, 0.3) is 0 Å². The predicted molar refractivity (Wildman–Crippen MR) is 115 cm³/mol. The van der Waals surface area contributed by atoms with Crippen molar-refractivity contribution in [1.29, 1.82) is 0 Å². The number of benzene rings is 1. The maximum Gasteiger partial charge on any atom is 0.353 e. The molecule has 0 aliphatic carbocycles. The fourth-order valence-corrected chi connectivity index (χ4v) is 4.54. The van der Waals surface area contributed by atoms with Crippen molar-refractivity contribution in [2.75, 3.05) is 47.4 Å². The third-order valence-corrected chi connectivity index (χ3v) is 6.11. The Kier molecular flexibility index (Phi) is 5.96. The Morgan fingerprint density at radius 3 is 2.47 bits per heavy atom. The summed E-state index contributed by atoms with van der Waals surface area (Å²) in [6.45, 7) is 5.08. The van der Waals surface area contributed by atoms with Crippen molar-refractivity contribution in [2.45, 2.75) is 38.6 Å². The lowest BCUT2D eigenvalue weighted by Gasteiger charge is -2.38. The van der Waals surface area contributed by atoms with Crippen LogP contribution in [0.5, 0.6) is 0 Å². The molecule has 0 spiro atoms. The number of aromatic nitrogens is 2. The quantitative estimate of drug-likeness (QED) is 0.546. The number of hydrogen-bond donors (Lipinski definition) is 0. The van der Waals surface area contributed by atoms with Gasteiger partial charge in [0, 0.05) is 38.8 Å². The Labute approximate surface area is 175 Å². The van der Waals surface area contributed by atoms with Crippen LogP contribution in [0.3, 0.4) is 0 Å². The van der Waals surface area contributed by atoms with Crippen LogP contribution in [0.2, 0.25) is 0 Å². The van der Waals surface area contributed by atoms with E-state index in [1.165, 1.54) is 12.4 Å². The summed E-state index contributed by atoms with van der Waals surface area (Å²) >= 11 is 0. The standard InChI is InChI=1S/C21H27FN6O2/c1-2-16-7-5-6-10-27(16)21-19(28(29)30)20(23-15-24-21)26-13-11-25(12-14-26)18-9-4-3-8-17(18)22/h3-4,8-9,15-16H,2,5-7,10-14H2,1H3. The van der Waals surface area contributed by atoms with Crippen LogP contribution in [0.25, 0.3) is 0 Å². The maximum absolute atomic E-state index is 14.1. The molecule has 0 saturated carbocycles. The molecule has 2 aromatic rings. The van der Waals surface area contributed by atoms with Crippen molar-refractivity contribution >= 4 is 23.0 Å². The van der Waals surface area contributed by atoms with Gasteiger partial charge in [-0.1, -0.05) is 19.1 Å². The molecule has 0 amide bonds. The molecule has 1 aromatic heterocycles. The number of nitrogens with zero attached hydrogens (tertiary/aromatic N) is 6. The number of hydrogen-bond acceptors (Lipinski definition) is 7. The van der Waals surface area contributed by atoms with E-state index in [4.69, 9.17) is 0 Å². The van der Waals surface area contributed by atoms with Gasteiger partial charge in [0.2, 0.25) is 11.6 Å². The lowest BCUT2D eigenvalue weighted by Crippen LogP contribution is -2.47. The van der Waals surface area contributed by atoms with Crippen molar-refractivity contribution < 1.29 is 9.31 Å². The summed E-state index contributed by atoms with van der Waals surface area (Å²) in [5, 5.41) is 12.1. The monoisotopic (exact) mass is 414 g/mol. The molecule has 0 bridgehead atoms. The summed E-state index contributed by atoms with van der Waals surface area (Å²) in [5.41, 5.74) is 0.548. The van der Waals surface area contributed by atoms with Crippen molar-refractivity contribution in [2.24, 2.45) is 0 Å². The molecule has 0 N–H and O–H groups in total. The van der Waals surface area contributed by atoms with Crippen LogP contribution >= 0.6 is 0 Å². The molecule has 1 aromatic carbocycles. The number of piperazine rings is 1. The molecular weight excluding hydrogens is 387 g/mol. The number of nitro groups is 1. The van der Waals surface area contributed by atoms with Gasteiger partial charge >= 0.3 is 5.69 Å². The first-order valence-corrected chi connectivity index (χ1v) is 10.6. The molecular formula is C21H27FN6O2. The number of halogens is 1. The molecule has 2 aliphatic rings. The third-order valence-electron chi connectivity index (χ3n) is 6.11.